The van der Waals surface area contributed by atoms with Crippen molar-refractivity contribution in [2.24, 2.45) is 0 Å². The van der Waals surface area contributed by atoms with Crippen molar-refractivity contribution in [1.82, 2.24) is 0 Å². The molecule has 1 aliphatic rings. The molecule has 0 aliphatic carbocycles. The van der Waals surface area contributed by atoms with Crippen molar-refractivity contribution in [3.8, 4) is 18.1 Å². The number of ether oxygens (including phenoxy) is 6. The number of carbonyl (C=O) groups is 4. The molecule has 14 nitrogen and oxygen atoms in total. The number of aliphatic hydroxyl groups excluding tert-OH is 1. The Balaban J connectivity index is 2.59. The van der Waals surface area contributed by atoms with Gasteiger partial charge in [-0.25, -0.2) is 4.79 Å². The number of methoxy groups -OCH3 is 1. The molecule has 1 aliphatic heterocycles. The van der Waals surface area contributed by atoms with Crippen LogP contribution in [-0.4, -0.2) is 71.7 Å². The highest BCUT2D eigenvalue weighted by atomic mass is 16.7. The Kier molecular flexibility index (Phi) is 9.92. The van der Waals surface area contributed by atoms with Gasteiger partial charge >= 0.3 is 29.6 Å². The lowest BCUT2D eigenvalue weighted by atomic mass is 9.97. The van der Waals surface area contributed by atoms with Gasteiger partial charge in [0.2, 0.25) is 12.4 Å². The largest absolute Gasteiger partial charge is 0.467 e. The fraction of sp³-hybridized carbons (Fsp3) is 0.478. The molecule has 1 fully saturated rings. The quantitative estimate of drug-likeness (QED) is 0.157. The van der Waals surface area contributed by atoms with Crippen molar-refractivity contribution in [1.29, 1.82) is 0 Å². The summed E-state index contributed by atoms with van der Waals surface area (Å²) in [4.78, 5) is 58.9. The molecule has 0 aromatic heterocycles. The molecule has 1 saturated heterocycles. The molecule has 37 heavy (non-hydrogen) atoms. The fourth-order valence-corrected chi connectivity index (χ4v) is 3.51. The number of aliphatic hydroxyl groups is 1. The molecule has 0 amide bonds. The highest BCUT2D eigenvalue weighted by Crippen LogP contribution is 2.36. The highest BCUT2D eigenvalue weighted by molar-refractivity contribution is 5.77. The van der Waals surface area contributed by atoms with Crippen molar-refractivity contribution < 1.29 is 57.6 Å². The summed E-state index contributed by atoms with van der Waals surface area (Å²) < 4.78 is 31.5. The van der Waals surface area contributed by atoms with Crippen molar-refractivity contribution in [3.63, 3.8) is 0 Å². The van der Waals surface area contributed by atoms with Gasteiger partial charge in [-0.2, -0.15) is 0 Å². The maximum atomic E-state index is 12.5. The molecular weight excluding hydrogens is 498 g/mol. The first-order chi connectivity index (χ1) is 17.4. The first kappa shape index (κ1) is 29.0. The molecule has 14 heteroatoms. The van der Waals surface area contributed by atoms with Crippen LogP contribution in [0.4, 0.5) is 5.69 Å². The van der Waals surface area contributed by atoms with Gasteiger partial charge in [-0.05, 0) is 11.6 Å². The molecule has 0 saturated carbocycles. The van der Waals surface area contributed by atoms with Crippen molar-refractivity contribution in [3.05, 3.63) is 33.9 Å². The number of rotatable bonds is 9. The standard InChI is InChI=1S/C23H25NO13/c1-6-7-16(28)14-8-9-17(15(10-14)24(30)31)36-23-21(35-13(4)27)19(34-12(3)26)18(33-11(2)25)20(37-23)22(29)32-5/h1,8-10,16,18-21,23,28H,7H2,2-5H3/t16-,18+,19+,20+,21-,23-/m1/s1. The molecule has 0 bridgehead atoms. The molecule has 0 spiro atoms. The second-order valence-electron chi connectivity index (χ2n) is 7.70. The monoisotopic (exact) mass is 523 g/mol. The van der Waals surface area contributed by atoms with Crippen LogP contribution in [0.5, 0.6) is 5.75 Å². The van der Waals surface area contributed by atoms with E-state index in [1.54, 1.807) is 0 Å². The van der Waals surface area contributed by atoms with Gasteiger partial charge in [0.15, 0.2) is 24.1 Å². The van der Waals surface area contributed by atoms with E-state index in [2.05, 4.69) is 10.7 Å². The summed E-state index contributed by atoms with van der Waals surface area (Å²) in [7, 11) is 1.01. The second-order valence-corrected chi connectivity index (χ2v) is 7.70. The van der Waals surface area contributed by atoms with Gasteiger partial charge in [-0.1, -0.05) is 6.07 Å². The number of benzene rings is 1. The smallest absolute Gasteiger partial charge is 0.339 e. The summed E-state index contributed by atoms with van der Waals surface area (Å²) in [6.45, 7) is 3.04. The number of nitrogens with zero attached hydrogens (tertiary/aromatic N) is 1. The molecule has 1 N–H and O–H groups in total. The lowest BCUT2D eigenvalue weighted by Crippen LogP contribution is -2.64. The van der Waals surface area contributed by atoms with E-state index in [1.165, 1.54) is 6.07 Å². The Morgan fingerprint density at radius 2 is 1.65 bits per heavy atom. The molecule has 0 unspecified atom stereocenters. The summed E-state index contributed by atoms with van der Waals surface area (Å²) in [5.74, 6) is -1.94. The maximum absolute atomic E-state index is 12.5. The Morgan fingerprint density at radius 1 is 1.08 bits per heavy atom. The number of carbonyl (C=O) groups excluding carboxylic acids is 4. The van der Waals surface area contributed by atoms with Crippen LogP contribution in [0.1, 0.15) is 38.9 Å². The van der Waals surface area contributed by atoms with E-state index in [9.17, 15) is 34.4 Å². The number of nitro benzene ring substituents is 1. The van der Waals surface area contributed by atoms with Gasteiger partial charge in [0.1, 0.15) is 0 Å². The number of hydrogen-bond acceptors (Lipinski definition) is 13. The van der Waals surface area contributed by atoms with Crippen molar-refractivity contribution >= 4 is 29.6 Å². The van der Waals surface area contributed by atoms with Gasteiger partial charge in [0.05, 0.1) is 18.1 Å². The van der Waals surface area contributed by atoms with Crippen LogP contribution in [0.15, 0.2) is 18.2 Å². The third-order valence-electron chi connectivity index (χ3n) is 4.95. The van der Waals surface area contributed by atoms with Gasteiger partial charge < -0.3 is 33.5 Å². The molecular formula is C23H25NO13. The van der Waals surface area contributed by atoms with E-state index in [-0.39, 0.29) is 12.0 Å². The zero-order valence-electron chi connectivity index (χ0n) is 20.3. The minimum Gasteiger partial charge on any atom is -0.467 e. The summed E-state index contributed by atoms with van der Waals surface area (Å²) in [6.07, 6.45) is -4.58. The van der Waals surface area contributed by atoms with Crippen molar-refractivity contribution in [2.75, 3.05) is 7.11 Å². The van der Waals surface area contributed by atoms with Gasteiger partial charge in [-0.15, -0.1) is 12.3 Å². The summed E-state index contributed by atoms with van der Waals surface area (Å²) in [5, 5.41) is 21.8. The molecule has 6 atom stereocenters. The van der Waals surface area contributed by atoms with Crippen LogP contribution < -0.4 is 4.74 Å². The van der Waals surface area contributed by atoms with E-state index in [4.69, 9.17) is 30.1 Å². The van der Waals surface area contributed by atoms with E-state index in [0.29, 0.717) is 0 Å². The first-order valence-electron chi connectivity index (χ1n) is 10.7. The molecule has 0 radical (unpaired) electrons. The Morgan fingerprint density at radius 3 is 2.16 bits per heavy atom. The van der Waals surface area contributed by atoms with Gasteiger partial charge in [0.25, 0.3) is 0 Å². The van der Waals surface area contributed by atoms with Crippen molar-refractivity contribution in [2.45, 2.75) is 64.0 Å². The molecule has 1 aromatic carbocycles. The molecule has 1 aromatic rings. The molecule has 1 heterocycles. The number of nitro groups is 1. The third-order valence-corrected chi connectivity index (χ3v) is 4.95. The normalized spacial score (nSPS) is 23.5. The lowest BCUT2D eigenvalue weighted by Gasteiger charge is -2.42. The topological polar surface area (TPSA) is 187 Å². The Bertz CT molecular complexity index is 1090. The van der Waals surface area contributed by atoms with Crippen LogP contribution in [0.25, 0.3) is 0 Å². The summed E-state index contributed by atoms with van der Waals surface area (Å²) in [5.41, 5.74) is -0.502. The molecule has 2 rings (SSSR count). The number of esters is 4. The molecule has 200 valence electrons. The Labute approximate surface area is 210 Å². The SMILES string of the molecule is C#CC[C@@H](O)c1ccc(O[C@@H]2O[C@H](C(=O)OC)[C@@H](OC(C)=O)[C@H](OC(C)=O)[C@H]2OC(C)=O)c([N+](=O)[O-])c1. The summed E-state index contributed by atoms with van der Waals surface area (Å²) in [6, 6.07) is 3.45. The van der Waals surface area contributed by atoms with Crippen LogP contribution in [0.3, 0.4) is 0 Å². The minimum atomic E-state index is -1.79. The number of hydrogen-bond donors (Lipinski definition) is 1. The van der Waals surface area contributed by atoms with Gasteiger partial charge in [0, 0.05) is 33.3 Å². The van der Waals surface area contributed by atoms with E-state index < -0.39 is 77.0 Å². The second kappa shape index (κ2) is 12.7. The average Bonchev–Trinajstić information content (AvgIpc) is 2.81. The Hall–Kier alpha value is -4.22. The van der Waals surface area contributed by atoms with E-state index in [0.717, 1.165) is 40.0 Å². The predicted octanol–water partition coefficient (Wildman–Crippen LogP) is 0.723. The lowest BCUT2D eigenvalue weighted by molar-refractivity contribution is -0.387. The fourth-order valence-electron chi connectivity index (χ4n) is 3.51. The third kappa shape index (κ3) is 7.38. The van der Waals surface area contributed by atoms with E-state index >= 15 is 0 Å². The van der Waals surface area contributed by atoms with Crippen LogP contribution in [-0.2, 0) is 42.9 Å². The van der Waals surface area contributed by atoms with Gasteiger partial charge in [-0.3, -0.25) is 24.5 Å². The zero-order valence-corrected chi connectivity index (χ0v) is 20.3. The van der Waals surface area contributed by atoms with Crippen LogP contribution in [0.2, 0.25) is 0 Å². The highest BCUT2D eigenvalue weighted by Gasteiger charge is 2.56. The van der Waals surface area contributed by atoms with E-state index in [1.807, 2.05) is 0 Å². The maximum Gasteiger partial charge on any atom is 0.339 e. The van der Waals surface area contributed by atoms with Crippen LogP contribution in [0, 0.1) is 22.5 Å². The number of terminal acetylenes is 1. The summed E-state index contributed by atoms with van der Waals surface area (Å²) >= 11 is 0. The predicted molar refractivity (Wildman–Crippen MR) is 119 cm³/mol. The first-order valence-corrected chi connectivity index (χ1v) is 10.7. The van der Waals surface area contributed by atoms with Crippen LogP contribution >= 0.6 is 0 Å². The minimum absolute atomic E-state index is 0.111. The average molecular weight is 523 g/mol. The zero-order chi connectivity index (χ0) is 27.9.